The van der Waals surface area contributed by atoms with Crippen LogP contribution in [0.25, 0.3) is 16.0 Å². The molecule has 0 N–H and O–H groups in total. The summed E-state index contributed by atoms with van der Waals surface area (Å²) in [4.78, 5) is 16.0. The lowest BCUT2D eigenvalue weighted by Crippen LogP contribution is -1.81. The van der Waals surface area contributed by atoms with Gasteiger partial charge in [0.05, 0.1) is 11.0 Å². The molecule has 3 rings (SSSR count). The molecule has 0 atom stereocenters. The molecule has 14 heavy (non-hydrogen) atoms. The zero-order valence-corrected chi connectivity index (χ0v) is 7.99. The summed E-state index contributed by atoms with van der Waals surface area (Å²) in [6, 6.07) is 5.51. The average molecular weight is 202 g/mol. The minimum absolute atomic E-state index is 0.686. The highest BCUT2D eigenvalue weighted by Gasteiger charge is 2.04. The van der Waals surface area contributed by atoms with Crippen LogP contribution in [0.1, 0.15) is 10.4 Å². The van der Waals surface area contributed by atoms with Crippen LogP contribution >= 0.6 is 11.3 Å². The predicted molar refractivity (Wildman–Crippen MR) is 56.0 cm³/mol. The Morgan fingerprint density at radius 2 is 2.36 bits per heavy atom. The van der Waals surface area contributed by atoms with E-state index in [0.717, 1.165) is 22.3 Å². The molecule has 0 unspecified atom stereocenters. The Hall–Kier alpha value is -1.68. The number of aldehydes is 1. The number of nitrogens with zero attached hydrogens (tertiary/aromatic N) is 2. The minimum Gasteiger partial charge on any atom is -0.298 e. The molecule has 1 aromatic carbocycles. The predicted octanol–water partition coefficient (Wildman–Crippen LogP) is 2.36. The molecule has 0 saturated heterocycles. The quantitative estimate of drug-likeness (QED) is 0.568. The van der Waals surface area contributed by atoms with Gasteiger partial charge in [0.15, 0.2) is 4.96 Å². The van der Waals surface area contributed by atoms with Crippen LogP contribution in [0.4, 0.5) is 0 Å². The van der Waals surface area contributed by atoms with Gasteiger partial charge >= 0.3 is 0 Å². The number of imidazole rings is 1. The molecular formula is C10H6N2OS. The van der Waals surface area contributed by atoms with Crippen LogP contribution in [-0.4, -0.2) is 15.7 Å². The summed E-state index contributed by atoms with van der Waals surface area (Å²) in [6.07, 6.45) is 2.81. The zero-order chi connectivity index (χ0) is 9.54. The lowest BCUT2D eigenvalue weighted by Gasteiger charge is -1.91. The van der Waals surface area contributed by atoms with Crippen molar-refractivity contribution < 1.29 is 4.79 Å². The number of carbonyl (C=O) groups excluding carboxylic acids is 1. The third-order valence-electron chi connectivity index (χ3n) is 2.20. The van der Waals surface area contributed by atoms with Crippen LogP contribution in [0, 0.1) is 0 Å². The first kappa shape index (κ1) is 7.70. The highest BCUT2D eigenvalue weighted by atomic mass is 32.1. The van der Waals surface area contributed by atoms with Crippen LogP contribution in [0.2, 0.25) is 0 Å². The van der Waals surface area contributed by atoms with Crippen molar-refractivity contribution in [3.63, 3.8) is 0 Å². The van der Waals surface area contributed by atoms with Gasteiger partial charge in [-0.2, -0.15) is 0 Å². The molecule has 0 bridgehead atoms. The van der Waals surface area contributed by atoms with E-state index in [4.69, 9.17) is 0 Å². The molecule has 0 radical (unpaired) electrons. The zero-order valence-electron chi connectivity index (χ0n) is 7.18. The highest BCUT2D eigenvalue weighted by molar-refractivity contribution is 7.15. The molecule has 3 nitrogen and oxygen atoms in total. The number of hydrogen-bond acceptors (Lipinski definition) is 3. The number of hydrogen-bond donors (Lipinski definition) is 0. The Kier molecular flexibility index (Phi) is 1.46. The molecule has 4 heteroatoms. The van der Waals surface area contributed by atoms with Gasteiger partial charge in [0.25, 0.3) is 0 Å². The maximum Gasteiger partial charge on any atom is 0.194 e. The van der Waals surface area contributed by atoms with Gasteiger partial charge in [-0.1, -0.05) is 0 Å². The molecule has 0 saturated carbocycles. The maximum atomic E-state index is 10.6. The standard InChI is InChI=1S/C10H6N2OS/c13-6-7-1-2-8-9(5-7)12-3-4-14-10(12)11-8/h1-6H. The van der Waals surface area contributed by atoms with Gasteiger partial charge in [0.2, 0.25) is 0 Å². The number of aromatic nitrogens is 2. The maximum absolute atomic E-state index is 10.6. The van der Waals surface area contributed by atoms with E-state index in [1.807, 2.05) is 28.1 Å². The van der Waals surface area contributed by atoms with Crippen molar-refractivity contribution in [3.05, 3.63) is 35.3 Å². The lowest BCUT2D eigenvalue weighted by molar-refractivity contribution is 0.112. The van der Waals surface area contributed by atoms with Gasteiger partial charge in [-0.25, -0.2) is 4.98 Å². The number of thiazole rings is 1. The molecule has 2 aromatic heterocycles. The summed E-state index contributed by atoms with van der Waals surface area (Å²) in [5.74, 6) is 0. The smallest absolute Gasteiger partial charge is 0.194 e. The van der Waals surface area contributed by atoms with Crippen molar-refractivity contribution >= 4 is 33.6 Å². The molecule has 0 aliphatic carbocycles. The Morgan fingerprint density at radius 1 is 1.43 bits per heavy atom. The normalized spacial score (nSPS) is 11.1. The third kappa shape index (κ3) is 0.914. The van der Waals surface area contributed by atoms with Gasteiger partial charge in [0, 0.05) is 17.1 Å². The SMILES string of the molecule is O=Cc1ccc2nc3sccn3c2c1. The van der Waals surface area contributed by atoms with E-state index in [1.54, 1.807) is 17.4 Å². The van der Waals surface area contributed by atoms with Crippen LogP contribution in [0.3, 0.4) is 0 Å². The summed E-state index contributed by atoms with van der Waals surface area (Å²) in [6.45, 7) is 0. The number of carbonyl (C=O) groups is 1. The van der Waals surface area contributed by atoms with Crippen molar-refractivity contribution in [2.24, 2.45) is 0 Å². The second-order valence-corrected chi connectivity index (χ2v) is 3.91. The Balaban J connectivity index is 2.52. The monoisotopic (exact) mass is 202 g/mol. The van der Waals surface area contributed by atoms with E-state index in [0.29, 0.717) is 5.56 Å². The Bertz CT molecular complexity index is 623. The summed E-state index contributed by atoms with van der Waals surface area (Å²) < 4.78 is 1.99. The average Bonchev–Trinajstić information content (AvgIpc) is 2.76. The van der Waals surface area contributed by atoms with Gasteiger partial charge in [-0.3, -0.25) is 9.20 Å². The molecule has 0 amide bonds. The largest absolute Gasteiger partial charge is 0.298 e. The van der Waals surface area contributed by atoms with Crippen LogP contribution in [0.15, 0.2) is 29.8 Å². The molecular weight excluding hydrogens is 196 g/mol. The Morgan fingerprint density at radius 3 is 3.21 bits per heavy atom. The first-order valence-electron chi connectivity index (χ1n) is 4.19. The van der Waals surface area contributed by atoms with Gasteiger partial charge in [-0.05, 0) is 18.2 Å². The first-order chi connectivity index (χ1) is 6.88. The van der Waals surface area contributed by atoms with Crippen molar-refractivity contribution in [1.29, 1.82) is 0 Å². The van der Waals surface area contributed by atoms with E-state index in [2.05, 4.69) is 4.98 Å². The fourth-order valence-electron chi connectivity index (χ4n) is 1.54. The lowest BCUT2D eigenvalue weighted by atomic mass is 10.2. The fourth-order valence-corrected chi connectivity index (χ4v) is 2.27. The van der Waals surface area contributed by atoms with Crippen LogP contribution < -0.4 is 0 Å². The van der Waals surface area contributed by atoms with E-state index in [9.17, 15) is 4.79 Å². The molecule has 2 heterocycles. The van der Waals surface area contributed by atoms with E-state index in [1.165, 1.54) is 0 Å². The molecule has 68 valence electrons. The van der Waals surface area contributed by atoms with Crippen molar-refractivity contribution in [3.8, 4) is 0 Å². The molecule has 0 fully saturated rings. The molecule has 3 aromatic rings. The summed E-state index contributed by atoms with van der Waals surface area (Å²) >= 11 is 1.59. The second-order valence-electron chi connectivity index (χ2n) is 3.03. The number of rotatable bonds is 1. The highest BCUT2D eigenvalue weighted by Crippen LogP contribution is 2.20. The molecule has 0 aliphatic rings. The number of benzene rings is 1. The van der Waals surface area contributed by atoms with Crippen molar-refractivity contribution in [1.82, 2.24) is 9.38 Å². The van der Waals surface area contributed by atoms with E-state index >= 15 is 0 Å². The fraction of sp³-hybridized carbons (Fsp3) is 0. The first-order valence-corrected chi connectivity index (χ1v) is 5.07. The van der Waals surface area contributed by atoms with Crippen LogP contribution in [-0.2, 0) is 0 Å². The van der Waals surface area contributed by atoms with E-state index < -0.39 is 0 Å². The van der Waals surface area contributed by atoms with Gasteiger partial charge < -0.3 is 0 Å². The van der Waals surface area contributed by atoms with E-state index in [-0.39, 0.29) is 0 Å². The molecule has 0 aliphatic heterocycles. The van der Waals surface area contributed by atoms with Crippen molar-refractivity contribution in [2.45, 2.75) is 0 Å². The number of fused-ring (bicyclic) bond motifs is 3. The molecule has 0 spiro atoms. The van der Waals surface area contributed by atoms with Gasteiger partial charge in [0.1, 0.15) is 6.29 Å². The Labute approximate surface area is 83.6 Å². The second kappa shape index (κ2) is 2.65. The summed E-state index contributed by atoms with van der Waals surface area (Å²) in [7, 11) is 0. The topological polar surface area (TPSA) is 34.4 Å². The van der Waals surface area contributed by atoms with Gasteiger partial charge in [-0.15, -0.1) is 11.3 Å². The summed E-state index contributed by atoms with van der Waals surface area (Å²) in [5, 5.41) is 1.98. The minimum atomic E-state index is 0.686. The summed E-state index contributed by atoms with van der Waals surface area (Å²) in [5.41, 5.74) is 2.61. The van der Waals surface area contributed by atoms with Crippen LogP contribution in [0.5, 0.6) is 0 Å². The van der Waals surface area contributed by atoms with Crippen molar-refractivity contribution in [2.75, 3.05) is 0 Å². The third-order valence-corrected chi connectivity index (χ3v) is 2.96.